The number of nitrogens with one attached hydrogen (secondary N) is 1. The lowest BCUT2D eigenvalue weighted by atomic mass is 9.89. The smallest absolute Gasteiger partial charge is 0.248 e. The van der Waals surface area contributed by atoms with Gasteiger partial charge in [0, 0.05) is 18.9 Å². The van der Waals surface area contributed by atoms with E-state index in [-0.39, 0.29) is 17.9 Å². The minimum Gasteiger partial charge on any atom is -0.344 e. The molecule has 1 aliphatic carbocycles. The zero-order chi connectivity index (χ0) is 18.1. The Hall–Kier alpha value is -2.25. The summed E-state index contributed by atoms with van der Waals surface area (Å²) in [6.45, 7) is 4.45. The highest BCUT2D eigenvalue weighted by molar-refractivity contribution is 5.79. The van der Waals surface area contributed by atoms with Gasteiger partial charge >= 0.3 is 0 Å². The van der Waals surface area contributed by atoms with E-state index in [0.29, 0.717) is 18.4 Å². The van der Waals surface area contributed by atoms with Gasteiger partial charge in [0.2, 0.25) is 11.8 Å². The van der Waals surface area contributed by atoms with Crippen molar-refractivity contribution in [1.82, 2.24) is 30.2 Å². The maximum Gasteiger partial charge on any atom is 0.248 e. The molecule has 0 saturated heterocycles. The largest absolute Gasteiger partial charge is 0.344 e. The van der Waals surface area contributed by atoms with Crippen molar-refractivity contribution in [2.24, 2.45) is 5.92 Å². The molecule has 1 aliphatic heterocycles. The first-order chi connectivity index (χ1) is 12.6. The summed E-state index contributed by atoms with van der Waals surface area (Å²) in [7, 11) is 0. The van der Waals surface area contributed by atoms with Crippen molar-refractivity contribution in [3.8, 4) is 0 Å². The molecule has 0 radical (unpaired) electrons. The number of fused-ring (bicyclic) bond motifs is 1. The van der Waals surface area contributed by atoms with Gasteiger partial charge in [-0.2, -0.15) is 4.98 Å². The lowest BCUT2D eigenvalue weighted by Crippen LogP contribution is -2.37. The van der Waals surface area contributed by atoms with Gasteiger partial charge in [0.15, 0.2) is 5.82 Å². The zero-order valence-corrected chi connectivity index (χ0v) is 15.4. The summed E-state index contributed by atoms with van der Waals surface area (Å²) < 4.78 is 7.46. The molecule has 0 spiro atoms. The summed E-state index contributed by atoms with van der Waals surface area (Å²) in [5, 5.41) is 15.4. The van der Waals surface area contributed by atoms with Gasteiger partial charge in [-0.25, -0.2) is 0 Å². The van der Waals surface area contributed by atoms with Crippen molar-refractivity contribution >= 4 is 5.91 Å². The summed E-state index contributed by atoms with van der Waals surface area (Å²) in [6, 6.07) is -0.282. The van der Waals surface area contributed by atoms with Crippen LogP contribution in [0, 0.1) is 12.8 Å². The Morgan fingerprint density at radius 1 is 1.23 bits per heavy atom. The first-order valence-electron chi connectivity index (χ1n) is 9.64. The summed E-state index contributed by atoms with van der Waals surface area (Å²) >= 11 is 0. The monoisotopic (exact) mass is 358 g/mol. The van der Waals surface area contributed by atoms with Gasteiger partial charge in [-0.15, -0.1) is 10.2 Å². The number of aryl methyl sites for hydroxylation is 2. The third-order valence-electron chi connectivity index (χ3n) is 5.66. The lowest BCUT2D eigenvalue weighted by molar-refractivity contribution is -0.126. The van der Waals surface area contributed by atoms with Gasteiger partial charge < -0.3 is 14.4 Å². The van der Waals surface area contributed by atoms with Crippen LogP contribution in [0.3, 0.4) is 0 Å². The topological polar surface area (TPSA) is 98.7 Å². The highest BCUT2D eigenvalue weighted by Gasteiger charge is 2.29. The van der Waals surface area contributed by atoms with E-state index in [9.17, 15) is 4.79 Å². The highest BCUT2D eigenvalue weighted by atomic mass is 16.5. The van der Waals surface area contributed by atoms with Crippen LogP contribution >= 0.6 is 0 Å². The maximum atomic E-state index is 12.7. The Labute approximate surface area is 152 Å². The van der Waals surface area contributed by atoms with E-state index in [2.05, 4.69) is 25.7 Å². The number of rotatable bonds is 4. The molecule has 0 aromatic carbocycles. The Morgan fingerprint density at radius 3 is 2.85 bits per heavy atom. The molecule has 4 rings (SSSR count). The molecule has 0 bridgehead atoms. The second-order valence-electron chi connectivity index (χ2n) is 7.57. The van der Waals surface area contributed by atoms with Gasteiger partial charge in [0.25, 0.3) is 0 Å². The SMILES string of the molecule is Cc1nnc2n1C[C@H](C(=O)N[C@@H](C)c1nc(C3CCCCC3)no1)CC2. The molecule has 0 unspecified atom stereocenters. The summed E-state index contributed by atoms with van der Waals surface area (Å²) in [5.41, 5.74) is 0. The molecule has 140 valence electrons. The molecule has 1 saturated carbocycles. The minimum absolute atomic E-state index is 0.0219. The fourth-order valence-electron chi connectivity index (χ4n) is 4.02. The van der Waals surface area contributed by atoms with Crippen LogP contribution in [0.5, 0.6) is 0 Å². The standard InChI is InChI=1S/C18H26N6O2/c1-11(18-20-16(23-26-18)13-6-4-3-5-7-13)19-17(25)14-8-9-15-22-21-12(2)24(15)10-14/h11,13-14H,3-10H2,1-2H3,(H,19,25)/t11-,14+/m0/s1. The van der Waals surface area contributed by atoms with E-state index in [4.69, 9.17) is 4.52 Å². The minimum atomic E-state index is -0.282. The fourth-order valence-corrected chi connectivity index (χ4v) is 4.02. The summed E-state index contributed by atoms with van der Waals surface area (Å²) in [4.78, 5) is 17.2. The molecule has 2 aliphatic rings. The molecule has 8 heteroatoms. The van der Waals surface area contributed by atoms with Gasteiger partial charge in [-0.05, 0) is 33.1 Å². The molecule has 1 amide bonds. The molecule has 1 fully saturated rings. The Kier molecular flexibility index (Phi) is 4.74. The molecule has 2 aromatic rings. The van der Waals surface area contributed by atoms with Crippen LogP contribution in [0.4, 0.5) is 0 Å². The van der Waals surface area contributed by atoms with E-state index in [1.165, 1.54) is 19.3 Å². The summed E-state index contributed by atoms with van der Waals surface area (Å²) in [5.74, 6) is 3.46. The van der Waals surface area contributed by atoms with Crippen molar-refractivity contribution in [1.29, 1.82) is 0 Å². The van der Waals surface area contributed by atoms with Crippen molar-refractivity contribution in [3.05, 3.63) is 23.4 Å². The van der Waals surface area contributed by atoms with Gasteiger partial charge in [-0.3, -0.25) is 4.79 Å². The number of carbonyl (C=O) groups excluding carboxylic acids is 1. The second-order valence-corrected chi connectivity index (χ2v) is 7.57. The average Bonchev–Trinajstić information content (AvgIpc) is 3.30. The maximum absolute atomic E-state index is 12.7. The fraction of sp³-hybridized carbons (Fsp3) is 0.722. The molecule has 8 nitrogen and oxygen atoms in total. The highest BCUT2D eigenvalue weighted by Crippen LogP contribution is 2.31. The number of amides is 1. The van der Waals surface area contributed by atoms with E-state index >= 15 is 0 Å². The van der Waals surface area contributed by atoms with Crippen LogP contribution in [-0.4, -0.2) is 30.8 Å². The molecular formula is C18H26N6O2. The van der Waals surface area contributed by atoms with Crippen molar-refractivity contribution < 1.29 is 9.32 Å². The predicted octanol–water partition coefficient (Wildman–Crippen LogP) is 2.46. The molecule has 26 heavy (non-hydrogen) atoms. The molecular weight excluding hydrogens is 332 g/mol. The molecule has 2 atom stereocenters. The number of hydrogen-bond acceptors (Lipinski definition) is 6. The quantitative estimate of drug-likeness (QED) is 0.901. The first kappa shape index (κ1) is 17.2. The number of hydrogen-bond donors (Lipinski definition) is 1. The Balaban J connectivity index is 1.37. The molecule has 3 heterocycles. The van der Waals surface area contributed by atoms with Crippen LogP contribution in [0.25, 0.3) is 0 Å². The third-order valence-corrected chi connectivity index (χ3v) is 5.66. The normalized spacial score (nSPS) is 22.0. The van der Waals surface area contributed by atoms with E-state index in [0.717, 1.165) is 43.2 Å². The average molecular weight is 358 g/mol. The predicted molar refractivity (Wildman–Crippen MR) is 93.3 cm³/mol. The van der Waals surface area contributed by atoms with Crippen LogP contribution in [0.1, 0.15) is 80.8 Å². The Bertz CT molecular complexity index is 776. The zero-order valence-electron chi connectivity index (χ0n) is 15.4. The van der Waals surface area contributed by atoms with Crippen LogP contribution in [0.2, 0.25) is 0 Å². The second kappa shape index (κ2) is 7.17. The number of carbonyl (C=O) groups is 1. The lowest BCUT2D eigenvalue weighted by Gasteiger charge is -2.24. The van der Waals surface area contributed by atoms with Crippen LogP contribution < -0.4 is 5.32 Å². The van der Waals surface area contributed by atoms with Crippen molar-refractivity contribution in [2.75, 3.05) is 0 Å². The van der Waals surface area contributed by atoms with Crippen molar-refractivity contribution in [3.63, 3.8) is 0 Å². The number of nitrogens with zero attached hydrogens (tertiary/aromatic N) is 5. The molecule has 2 aromatic heterocycles. The number of aromatic nitrogens is 5. The van der Waals surface area contributed by atoms with Gasteiger partial charge in [0.1, 0.15) is 17.7 Å². The van der Waals surface area contributed by atoms with Crippen LogP contribution in [-0.2, 0) is 17.8 Å². The van der Waals surface area contributed by atoms with E-state index in [1.807, 2.05) is 18.4 Å². The third kappa shape index (κ3) is 3.37. The van der Waals surface area contributed by atoms with E-state index < -0.39 is 0 Å². The van der Waals surface area contributed by atoms with Crippen LogP contribution in [0.15, 0.2) is 4.52 Å². The molecule has 1 N–H and O–H groups in total. The van der Waals surface area contributed by atoms with Gasteiger partial charge in [-0.1, -0.05) is 24.4 Å². The Morgan fingerprint density at radius 2 is 2.04 bits per heavy atom. The van der Waals surface area contributed by atoms with Gasteiger partial charge in [0.05, 0.1) is 5.92 Å². The van der Waals surface area contributed by atoms with E-state index in [1.54, 1.807) is 0 Å². The van der Waals surface area contributed by atoms with Crippen molar-refractivity contribution in [2.45, 2.75) is 77.3 Å². The first-order valence-corrected chi connectivity index (χ1v) is 9.64. The summed E-state index contributed by atoms with van der Waals surface area (Å²) in [6.07, 6.45) is 7.57.